The molecule has 0 amide bonds. The molecule has 1 atom stereocenters. The molecule has 0 fully saturated rings. The zero-order valence-electron chi connectivity index (χ0n) is 12.0. The van der Waals surface area contributed by atoms with Gasteiger partial charge in [0.15, 0.2) is 0 Å². The van der Waals surface area contributed by atoms with E-state index >= 15 is 0 Å². The molecule has 2 N–H and O–H groups in total. The Hall–Kier alpha value is -1.45. The van der Waals surface area contributed by atoms with Crippen LogP contribution in [0, 0.1) is 0 Å². The van der Waals surface area contributed by atoms with Gasteiger partial charge in [-0.05, 0) is 41.5 Å². The molecule has 0 bridgehead atoms. The van der Waals surface area contributed by atoms with Crippen molar-refractivity contribution in [1.29, 1.82) is 0 Å². The molecule has 2 aromatic rings. The summed E-state index contributed by atoms with van der Waals surface area (Å²) in [4.78, 5) is 1.29. The van der Waals surface area contributed by atoms with Crippen LogP contribution in [0.4, 0.5) is 0 Å². The molecule has 0 radical (unpaired) electrons. The summed E-state index contributed by atoms with van der Waals surface area (Å²) in [5.41, 5.74) is 8.62. The molecule has 2 nitrogen and oxygen atoms in total. The molecule has 0 aromatic heterocycles. The number of methoxy groups -OCH3 is 1. The first kappa shape index (κ1) is 14.9. The van der Waals surface area contributed by atoms with Crippen molar-refractivity contribution in [1.82, 2.24) is 0 Å². The minimum absolute atomic E-state index is 0.00743. The third-order valence-electron chi connectivity index (χ3n) is 3.25. The van der Waals surface area contributed by atoms with Crippen LogP contribution in [0.25, 0.3) is 0 Å². The Morgan fingerprint density at radius 2 is 1.80 bits per heavy atom. The van der Waals surface area contributed by atoms with Crippen LogP contribution in [-0.4, -0.2) is 12.9 Å². The highest BCUT2D eigenvalue weighted by Crippen LogP contribution is 2.25. The number of para-hydroxylation sites is 1. The lowest BCUT2D eigenvalue weighted by molar-refractivity contribution is 0.408. The molecule has 2 aromatic carbocycles. The average molecular weight is 287 g/mol. The highest BCUT2D eigenvalue weighted by Gasteiger charge is 2.10. The van der Waals surface area contributed by atoms with E-state index in [9.17, 15) is 0 Å². The topological polar surface area (TPSA) is 35.2 Å². The number of hydrogen-bond acceptors (Lipinski definition) is 3. The molecule has 0 spiro atoms. The van der Waals surface area contributed by atoms with Crippen molar-refractivity contribution in [3.05, 3.63) is 59.7 Å². The normalized spacial score (nSPS) is 12.2. The minimum atomic E-state index is -0.00743. The summed E-state index contributed by atoms with van der Waals surface area (Å²) < 4.78 is 5.37. The Labute approximate surface area is 125 Å². The van der Waals surface area contributed by atoms with Crippen LogP contribution in [0.1, 0.15) is 24.1 Å². The third-order valence-corrected chi connectivity index (χ3v) is 4.15. The van der Waals surface area contributed by atoms with Crippen molar-refractivity contribution in [3.63, 3.8) is 0 Å². The lowest BCUT2D eigenvalue weighted by Gasteiger charge is -2.15. The van der Waals surface area contributed by atoms with Crippen LogP contribution in [0.15, 0.2) is 53.4 Å². The quantitative estimate of drug-likeness (QED) is 0.814. The van der Waals surface area contributed by atoms with Gasteiger partial charge in [-0.15, -0.1) is 11.8 Å². The van der Waals surface area contributed by atoms with E-state index in [-0.39, 0.29) is 6.04 Å². The Morgan fingerprint density at radius 3 is 2.45 bits per heavy atom. The number of nitrogens with two attached hydrogens (primary N) is 1. The second-order valence-electron chi connectivity index (χ2n) is 4.62. The summed E-state index contributed by atoms with van der Waals surface area (Å²) in [5, 5.41) is 0. The lowest BCUT2D eigenvalue weighted by Crippen LogP contribution is -2.13. The highest BCUT2D eigenvalue weighted by molar-refractivity contribution is 7.99. The first-order chi connectivity index (χ1) is 9.74. The predicted octanol–water partition coefficient (Wildman–Crippen LogP) is 4.05. The largest absolute Gasteiger partial charge is 0.496 e. The standard InChI is InChI=1S/C17H21NOS/c1-3-20-15-10-8-13(9-11-15)16(18)12-14-6-4-5-7-17(14)19-2/h4-11,16H,3,12,18H2,1-2H3. The average Bonchev–Trinajstić information content (AvgIpc) is 2.49. The molecule has 1 unspecified atom stereocenters. The van der Waals surface area contributed by atoms with Crippen molar-refractivity contribution < 1.29 is 4.74 Å². The monoisotopic (exact) mass is 287 g/mol. The van der Waals surface area contributed by atoms with E-state index in [0.29, 0.717) is 0 Å². The van der Waals surface area contributed by atoms with E-state index in [1.165, 1.54) is 4.90 Å². The second kappa shape index (κ2) is 7.36. The van der Waals surface area contributed by atoms with E-state index in [1.54, 1.807) is 7.11 Å². The van der Waals surface area contributed by atoms with Crippen molar-refractivity contribution in [3.8, 4) is 5.75 Å². The third kappa shape index (κ3) is 3.78. The zero-order valence-corrected chi connectivity index (χ0v) is 12.8. The van der Waals surface area contributed by atoms with Gasteiger partial charge in [-0.3, -0.25) is 0 Å². The van der Waals surface area contributed by atoms with Crippen LogP contribution in [0.5, 0.6) is 5.75 Å². The minimum Gasteiger partial charge on any atom is -0.496 e. The van der Waals surface area contributed by atoms with Gasteiger partial charge in [0.05, 0.1) is 7.11 Å². The SMILES string of the molecule is CCSc1ccc(C(N)Cc2ccccc2OC)cc1. The predicted molar refractivity (Wildman–Crippen MR) is 86.5 cm³/mol. The van der Waals surface area contributed by atoms with Gasteiger partial charge in [-0.25, -0.2) is 0 Å². The van der Waals surface area contributed by atoms with Gasteiger partial charge in [0, 0.05) is 10.9 Å². The van der Waals surface area contributed by atoms with Crippen molar-refractivity contribution >= 4 is 11.8 Å². The highest BCUT2D eigenvalue weighted by atomic mass is 32.2. The van der Waals surface area contributed by atoms with E-state index in [4.69, 9.17) is 10.5 Å². The number of ether oxygens (including phenoxy) is 1. The van der Waals surface area contributed by atoms with Gasteiger partial charge < -0.3 is 10.5 Å². The van der Waals surface area contributed by atoms with E-state index in [1.807, 2.05) is 30.0 Å². The molecular formula is C17H21NOS. The van der Waals surface area contributed by atoms with Gasteiger partial charge >= 0.3 is 0 Å². The molecule has 0 aliphatic rings. The molecule has 0 aliphatic heterocycles. The smallest absolute Gasteiger partial charge is 0.122 e. The number of benzene rings is 2. The van der Waals surface area contributed by atoms with Crippen molar-refractivity contribution in [2.75, 3.05) is 12.9 Å². The van der Waals surface area contributed by atoms with Gasteiger partial charge in [0.1, 0.15) is 5.75 Å². The van der Waals surface area contributed by atoms with Gasteiger partial charge in [-0.1, -0.05) is 37.3 Å². The molecule has 0 heterocycles. The molecule has 20 heavy (non-hydrogen) atoms. The Bertz CT molecular complexity index is 539. The molecule has 106 valence electrons. The lowest BCUT2D eigenvalue weighted by atomic mass is 9.99. The Balaban J connectivity index is 2.09. The molecule has 0 saturated heterocycles. The summed E-state index contributed by atoms with van der Waals surface area (Å²) in [6.45, 7) is 2.16. The fourth-order valence-electron chi connectivity index (χ4n) is 2.20. The number of hydrogen-bond donors (Lipinski definition) is 1. The van der Waals surface area contributed by atoms with Crippen LogP contribution in [-0.2, 0) is 6.42 Å². The van der Waals surface area contributed by atoms with E-state index < -0.39 is 0 Å². The fourth-order valence-corrected chi connectivity index (χ4v) is 2.87. The van der Waals surface area contributed by atoms with E-state index in [2.05, 4.69) is 37.3 Å². The van der Waals surface area contributed by atoms with Crippen molar-refractivity contribution in [2.24, 2.45) is 5.73 Å². The fraction of sp³-hybridized carbons (Fsp3) is 0.294. The van der Waals surface area contributed by atoms with Crippen LogP contribution in [0.2, 0.25) is 0 Å². The molecule has 2 rings (SSSR count). The summed E-state index contributed by atoms with van der Waals surface area (Å²) in [6, 6.07) is 16.6. The summed E-state index contributed by atoms with van der Waals surface area (Å²) in [5.74, 6) is 1.99. The first-order valence-corrected chi connectivity index (χ1v) is 7.83. The summed E-state index contributed by atoms with van der Waals surface area (Å²) in [6.07, 6.45) is 0.782. The zero-order chi connectivity index (χ0) is 14.4. The van der Waals surface area contributed by atoms with Crippen LogP contribution >= 0.6 is 11.8 Å². The maximum absolute atomic E-state index is 6.31. The molecule has 0 aliphatic carbocycles. The van der Waals surface area contributed by atoms with Gasteiger partial charge in [0.2, 0.25) is 0 Å². The molecule has 0 saturated carbocycles. The van der Waals surface area contributed by atoms with Crippen LogP contribution < -0.4 is 10.5 Å². The van der Waals surface area contributed by atoms with Crippen LogP contribution in [0.3, 0.4) is 0 Å². The Morgan fingerprint density at radius 1 is 1.10 bits per heavy atom. The summed E-state index contributed by atoms with van der Waals surface area (Å²) in [7, 11) is 1.70. The number of rotatable bonds is 6. The molecular weight excluding hydrogens is 266 g/mol. The maximum Gasteiger partial charge on any atom is 0.122 e. The number of thioether (sulfide) groups is 1. The molecule has 3 heteroatoms. The first-order valence-electron chi connectivity index (χ1n) is 6.84. The van der Waals surface area contributed by atoms with Gasteiger partial charge in [-0.2, -0.15) is 0 Å². The Kier molecular flexibility index (Phi) is 5.50. The van der Waals surface area contributed by atoms with Gasteiger partial charge in [0.25, 0.3) is 0 Å². The van der Waals surface area contributed by atoms with E-state index in [0.717, 1.165) is 29.1 Å². The maximum atomic E-state index is 6.31. The summed E-state index contributed by atoms with van der Waals surface area (Å²) >= 11 is 1.84. The van der Waals surface area contributed by atoms with Crippen molar-refractivity contribution in [2.45, 2.75) is 24.3 Å². The second-order valence-corrected chi connectivity index (χ2v) is 5.96.